The number of aryl methyl sites for hydroxylation is 2. The maximum absolute atomic E-state index is 6.68. The maximum Gasteiger partial charge on any atom is 0.222 e. The summed E-state index contributed by atoms with van der Waals surface area (Å²) in [4.78, 5) is 10.9. The van der Waals surface area contributed by atoms with Gasteiger partial charge in [0, 0.05) is 42.2 Å². The molecule has 3 N–H and O–H groups in total. The molecular weight excluding hydrogens is 350 g/mol. The largest absolute Gasteiger partial charge is 0.385 e. The third kappa shape index (κ3) is 3.44. The molecule has 2 aliphatic rings. The minimum atomic E-state index is 0.00549. The van der Waals surface area contributed by atoms with Gasteiger partial charge in [0.15, 0.2) is 0 Å². The maximum atomic E-state index is 6.68. The number of nitrogens with zero attached hydrogens (tertiary/aromatic N) is 3. The Balaban J connectivity index is 1.76. The number of nitrogen functional groups attached to an aromatic ring is 1. The SMILES string of the molecule is Cc1cc(N2CCCOC[C@H]2c2cc3c(cc2Cl)NCCC3)nc(N)n1. The Labute approximate surface area is 158 Å². The molecule has 4 rings (SSSR count). The highest BCUT2D eigenvalue weighted by atomic mass is 35.5. The van der Waals surface area contributed by atoms with E-state index >= 15 is 0 Å². The second-order valence-corrected chi connectivity index (χ2v) is 7.33. The lowest BCUT2D eigenvalue weighted by molar-refractivity contribution is 0.134. The van der Waals surface area contributed by atoms with Crippen molar-refractivity contribution in [1.29, 1.82) is 0 Å². The van der Waals surface area contributed by atoms with Gasteiger partial charge in [-0.25, -0.2) is 4.98 Å². The van der Waals surface area contributed by atoms with Crippen LogP contribution >= 0.6 is 11.6 Å². The van der Waals surface area contributed by atoms with Crippen molar-refractivity contribution >= 4 is 29.1 Å². The van der Waals surface area contributed by atoms with Crippen LogP contribution in [0.15, 0.2) is 18.2 Å². The zero-order chi connectivity index (χ0) is 18.1. The van der Waals surface area contributed by atoms with E-state index in [9.17, 15) is 0 Å². The molecule has 2 aliphatic heterocycles. The van der Waals surface area contributed by atoms with E-state index in [0.717, 1.165) is 66.7 Å². The van der Waals surface area contributed by atoms with Gasteiger partial charge in [0.2, 0.25) is 5.95 Å². The Morgan fingerprint density at radius 3 is 3.00 bits per heavy atom. The predicted molar refractivity (Wildman–Crippen MR) is 105 cm³/mol. The molecular formula is C19H24ClN5O. The monoisotopic (exact) mass is 373 g/mol. The Bertz CT molecular complexity index is 793. The molecule has 0 amide bonds. The van der Waals surface area contributed by atoms with E-state index in [-0.39, 0.29) is 6.04 Å². The molecule has 0 radical (unpaired) electrons. The number of nitrogens with two attached hydrogens (primary N) is 1. The van der Waals surface area contributed by atoms with E-state index in [1.54, 1.807) is 0 Å². The number of aromatic nitrogens is 2. The molecule has 7 heteroatoms. The normalized spacial score (nSPS) is 20.2. The summed E-state index contributed by atoms with van der Waals surface area (Å²) in [5, 5.41) is 4.20. The summed E-state index contributed by atoms with van der Waals surface area (Å²) in [7, 11) is 0. The molecule has 0 saturated carbocycles. The number of hydrogen-bond acceptors (Lipinski definition) is 6. The van der Waals surface area contributed by atoms with Crippen LogP contribution < -0.4 is 16.0 Å². The van der Waals surface area contributed by atoms with Gasteiger partial charge in [-0.2, -0.15) is 4.98 Å². The van der Waals surface area contributed by atoms with E-state index in [2.05, 4.69) is 26.3 Å². The average Bonchev–Trinajstić information content (AvgIpc) is 2.86. The molecule has 3 heterocycles. The van der Waals surface area contributed by atoms with Crippen LogP contribution in [0.3, 0.4) is 0 Å². The molecule has 1 atom stereocenters. The second kappa shape index (κ2) is 7.29. The van der Waals surface area contributed by atoms with E-state index in [1.165, 1.54) is 5.56 Å². The fraction of sp³-hybridized carbons (Fsp3) is 0.474. The Hall–Kier alpha value is -2.05. The molecule has 0 unspecified atom stereocenters. The number of nitrogens with one attached hydrogen (secondary N) is 1. The minimum Gasteiger partial charge on any atom is -0.385 e. The van der Waals surface area contributed by atoms with Crippen LogP contribution in [-0.4, -0.2) is 36.3 Å². The summed E-state index contributed by atoms with van der Waals surface area (Å²) in [5.41, 5.74) is 10.3. The van der Waals surface area contributed by atoms with Crippen molar-refractivity contribution in [3.63, 3.8) is 0 Å². The van der Waals surface area contributed by atoms with E-state index < -0.39 is 0 Å². The molecule has 0 spiro atoms. The molecule has 26 heavy (non-hydrogen) atoms. The Morgan fingerprint density at radius 2 is 2.15 bits per heavy atom. The van der Waals surface area contributed by atoms with Gasteiger partial charge in [-0.05, 0) is 43.4 Å². The Morgan fingerprint density at radius 1 is 1.27 bits per heavy atom. The summed E-state index contributed by atoms with van der Waals surface area (Å²) >= 11 is 6.68. The highest BCUT2D eigenvalue weighted by Gasteiger charge is 2.28. The van der Waals surface area contributed by atoms with Crippen LogP contribution in [0.5, 0.6) is 0 Å². The summed E-state index contributed by atoms with van der Waals surface area (Å²) in [6.07, 6.45) is 3.14. The second-order valence-electron chi connectivity index (χ2n) is 6.92. The fourth-order valence-electron chi connectivity index (χ4n) is 3.80. The van der Waals surface area contributed by atoms with Gasteiger partial charge in [0.25, 0.3) is 0 Å². The quantitative estimate of drug-likeness (QED) is 0.840. The van der Waals surface area contributed by atoms with Crippen molar-refractivity contribution in [2.24, 2.45) is 0 Å². The molecule has 2 aromatic rings. The fourth-order valence-corrected chi connectivity index (χ4v) is 4.09. The van der Waals surface area contributed by atoms with Crippen LogP contribution in [0.25, 0.3) is 0 Å². The third-order valence-corrected chi connectivity index (χ3v) is 5.34. The Kier molecular flexibility index (Phi) is 4.87. The number of anilines is 3. The van der Waals surface area contributed by atoms with Gasteiger partial charge in [0.1, 0.15) is 5.82 Å². The molecule has 1 saturated heterocycles. The zero-order valence-electron chi connectivity index (χ0n) is 15.0. The number of fused-ring (bicyclic) bond motifs is 1. The summed E-state index contributed by atoms with van der Waals surface area (Å²) in [6, 6.07) is 6.26. The molecule has 0 bridgehead atoms. The topological polar surface area (TPSA) is 76.3 Å². The first kappa shape index (κ1) is 17.4. The third-order valence-electron chi connectivity index (χ3n) is 5.01. The van der Waals surface area contributed by atoms with Gasteiger partial charge < -0.3 is 20.7 Å². The highest BCUT2D eigenvalue weighted by Crippen LogP contribution is 2.37. The first-order valence-corrected chi connectivity index (χ1v) is 9.51. The van der Waals surface area contributed by atoms with Crippen molar-refractivity contribution in [3.05, 3.63) is 40.0 Å². The molecule has 6 nitrogen and oxygen atoms in total. The van der Waals surface area contributed by atoms with Gasteiger partial charge in [-0.3, -0.25) is 0 Å². The first-order chi connectivity index (χ1) is 12.6. The average molecular weight is 374 g/mol. The van der Waals surface area contributed by atoms with Crippen LogP contribution in [0.2, 0.25) is 5.02 Å². The lowest BCUT2D eigenvalue weighted by atomic mass is 9.96. The number of halogens is 1. The predicted octanol–water partition coefficient (Wildman–Crippen LogP) is 3.35. The van der Waals surface area contributed by atoms with Gasteiger partial charge in [0.05, 0.1) is 12.6 Å². The van der Waals surface area contributed by atoms with Gasteiger partial charge in [-0.15, -0.1) is 0 Å². The standard InChI is InChI=1S/C19H24ClN5O/c1-12-8-18(24-19(21)23-12)25-6-3-7-26-11-17(25)14-9-13-4-2-5-22-16(13)10-15(14)20/h8-10,17,22H,2-7,11H2,1H3,(H2,21,23,24)/t17-/m0/s1. The van der Waals surface area contributed by atoms with Crippen molar-refractivity contribution in [2.45, 2.75) is 32.2 Å². The molecule has 0 aliphatic carbocycles. The van der Waals surface area contributed by atoms with Crippen LogP contribution in [0.4, 0.5) is 17.5 Å². The van der Waals surface area contributed by atoms with Crippen molar-refractivity contribution in [3.8, 4) is 0 Å². The highest BCUT2D eigenvalue weighted by molar-refractivity contribution is 6.31. The van der Waals surface area contributed by atoms with Gasteiger partial charge in [-0.1, -0.05) is 17.7 Å². The number of ether oxygens (including phenoxy) is 1. The summed E-state index contributed by atoms with van der Waals surface area (Å²) in [6.45, 7) is 5.08. The number of hydrogen-bond donors (Lipinski definition) is 2. The van der Waals surface area contributed by atoms with Crippen molar-refractivity contribution in [2.75, 3.05) is 42.3 Å². The minimum absolute atomic E-state index is 0.00549. The van der Waals surface area contributed by atoms with Crippen LogP contribution in [0, 0.1) is 6.92 Å². The molecule has 1 aromatic heterocycles. The van der Waals surface area contributed by atoms with Crippen molar-refractivity contribution in [1.82, 2.24) is 9.97 Å². The van der Waals surface area contributed by atoms with E-state index in [4.69, 9.17) is 22.1 Å². The molecule has 1 fully saturated rings. The first-order valence-electron chi connectivity index (χ1n) is 9.13. The van der Waals surface area contributed by atoms with E-state index in [1.807, 2.05) is 19.1 Å². The van der Waals surface area contributed by atoms with Gasteiger partial charge >= 0.3 is 0 Å². The number of benzene rings is 1. The van der Waals surface area contributed by atoms with Crippen LogP contribution in [0.1, 0.15) is 35.7 Å². The lowest BCUT2D eigenvalue weighted by Gasteiger charge is -2.32. The number of rotatable bonds is 2. The summed E-state index contributed by atoms with van der Waals surface area (Å²) < 4.78 is 5.88. The van der Waals surface area contributed by atoms with Crippen molar-refractivity contribution < 1.29 is 4.74 Å². The molecule has 1 aromatic carbocycles. The van der Waals surface area contributed by atoms with Crippen LogP contribution in [-0.2, 0) is 11.2 Å². The summed E-state index contributed by atoms with van der Waals surface area (Å²) in [5.74, 6) is 1.13. The van der Waals surface area contributed by atoms with E-state index in [0.29, 0.717) is 12.6 Å². The zero-order valence-corrected chi connectivity index (χ0v) is 15.7. The smallest absolute Gasteiger partial charge is 0.222 e. The lowest BCUT2D eigenvalue weighted by Crippen LogP contribution is -2.32. The molecule has 138 valence electrons.